The number of hydrogen-bond acceptors (Lipinski definition) is 7. The summed E-state index contributed by atoms with van der Waals surface area (Å²) in [5.74, 6) is 0.753. The van der Waals surface area contributed by atoms with Crippen molar-refractivity contribution < 1.29 is 14.1 Å². The van der Waals surface area contributed by atoms with E-state index in [1.54, 1.807) is 36.4 Å². The Kier molecular flexibility index (Phi) is 5.82. The van der Waals surface area contributed by atoms with Gasteiger partial charge in [-0.05, 0) is 25.0 Å². The van der Waals surface area contributed by atoms with Gasteiger partial charge in [0.05, 0.1) is 11.8 Å². The van der Waals surface area contributed by atoms with Gasteiger partial charge in [0.1, 0.15) is 5.69 Å². The van der Waals surface area contributed by atoms with E-state index in [0.717, 1.165) is 12.8 Å². The molecule has 1 saturated heterocycles. The summed E-state index contributed by atoms with van der Waals surface area (Å²) in [6.45, 7) is 1.22. The van der Waals surface area contributed by atoms with Crippen molar-refractivity contribution in [2.45, 2.75) is 31.7 Å². The van der Waals surface area contributed by atoms with Gasteiger partial charge in [0, 0.05) is 51.4 Å². The average Bonchev–Trinajstić information content (AvgIpc) is 3.42. The van der Waals surface area contributed by atoms with Crippen molar-refractivity contribution in [2.75, 3.05) is 13.1 Å². The summed E-state index contributed by atoms with van der Waals surface area (Å²) in [6, 6.07) is 5.52. The average molecular weight is 409 g/mol. The number of rotatable bonds is 6. The maximum absolute atomic E-state index is 12.5. The summed E-state index contributed by atoms with van der Waals surface area (Å²) in [6.07, 6.45) is 7.03. The van der Waals surface area contributed by atoms with E-state index in [2.05, 4.69) is 25.5 Å². The highest BCUT2D eigenvalue weighted by Crippen LogP contribution is 2.15. The molecule has 0 aromatic carbocycles. The Labute approximate surface area is 173 Å². The molecule has 0 spiro atoms. The quantitative estimate of drug-likeness (QED) is 0.650. The lowest BCUT2D eigenvalue weighted by Gasteiger charge is -2.32. The normalized spacial score (nSPS) is 14.6. The van der Waals surface area contributed by atoms with Crippen molar-refractivity contribution in [3.8, 4) is 11.5 Å². The summed E-state index contributed by atoms with van der Waals surface area (Å²) < 4.78 is 6.83. The lowest BCUT2D eigenvalue weighted by Crippen LogP contribution is -2.46. The molecule has 0 aliphatic carbocycles. The van der Waals surface area contributed by atoms with Crippen LogP contribution in [0.4, 0.5) is 0 Å². The van der Waals surface area contributed by atoms with E-state index in [-0.39, 0.29) is 17.9 Å². The number of amides is 2. The molecule has 4 heterocycles. The van der Waals surface area contributed by atoms with Gasteiger partial charge in [-0.3, -0.25) is 19.3 Å². The van der Waals surface area contributed by atoms with Crippen LogP contribution in [0.5, 0.6) is 0 Å². The fraction of sp³-hybridized carbons (Fsp3) is 0.400. The largest absolute Gasteiger partial charge is 0.349 e. The van der Waals surface area contributed by atoms with E-state index in [1.165, 1.54) is 0 Å². The summed E-state index contributed by atoms with van der Waals surface area (Å²) >= 11 is 0. The van der Waals surface area contributed by atoms with E-state index in [9.17, 15) is 9.59 Å². The first-order chi connectivity index (χ1) is 14.6. The Hall–Kier alpha value is -3.56. The third-order valence-electron chi connectivity index (χ3n) is 5.06. The van der Waals surface area contributed by atoms with Crippen LogP contribution in [0.1, 0.15) is 35.5 Å². The molecule has 10 nitrogen and oxygen atoms in total. The number of hydrogen-bond donors (Lipinski definition) is 1. The Morgan fingerprint density at radius 3 is 2.80 bits per heavy atom. The molecule has 156 valence electrons. The van der Waals surface area contributed by atoms with Crippen molar-refractivity contribution in [3.63, 3.8) is 0 Å². The molecule has 1 aliphatic rings. The standard InChI is InChI=1S/C20H23N7O3/c1-26-13-14(12-22-26)20(29)23-15-7-10-27(11-8-15)18(28)6-5-17-24-19(25-30-17)16-4-2-3-9-21-16/h2-4,9,12-13,15H,5-8,10-11H2,1H3,(H,23,29). The van der Waals surface area contributed by atoms with Gasteiger partial charge in [0.2, 0.25) is 17.6 Å². The number of carbonyl (C=O) groups is 2. The van der Waals surface area contributed by atoms with Crippen LogP contribution in [-0.2, 0) is 18.3 Å². The minimum absolute atomic E-state index is 0.0459. The molecule has 0 atom stereocenters. The third kappa shape index (κ3) is 4.70. The number of carbonyl (C=O) groups excluding carboxylic acids is 2. The molecule has 0 saturated carbocycles. The van der Waals surface area contributed by atoms with Gasteiger partial charge < -0.3 is 14.7 Å². The SMILES string of the molecule is Cn1cc(C(=O)NC2CCN(C(=O)CCc3nc(-c4ccccn4)no3)CC2)cn1. The summed E-state index contributed by atoms with van der Waals surface area (Å²) in [5, 5.41) is 10.9. The zero-order valence-electron chi connectivity index (χ0n) is 16.7. The number of aromatic nitrogens is 5. The first-order valence-corrected chi connectivity index (χ1v) is 9.90. The summed E-state index contributed by atoms with van der Waals surface area (Å²) in [5.41, 5.74) is 1.18. The van der Waals surface area contributed by atoms with Crippen LogP contribution >= 0.6 is 0 Å². The van der Waals surface area contributed by atoms with Crippen LogP contribution in [-0.4, -0.2) is 60.8 Å². The van der Waals surface area contributed by atoms with Gasteiger partial charge in [-0.15, -0.1) is 0 Å². The molecule has 3 aromatic heterocycles. The first kappa shape index (κ1) is 19.7. The van der Waals surface area contributed by atoms with Crippen LogP contribution in [0.15, 0.2) is 41.3 Å². The van der Waals surface area contributed by atoms with Gasteiger partial charge in [-0.25, -0.2) is 0 Å². The Balaban J connectivity index is 1.22. The summed E-state index contributed by atoms with van der Waals surface area (Å²) in [7, 11) is 1.77. The minimum atomic E-state index is -0.131. The highest BCUT2D eigenvalue weighted by Gasteiger charge is 2.24. The molecule has 10 heteroatoms. The van der Waals surface area contributed by atoms with Crippen LogP contribution < -0.4 is 5.32 Å². The second-order valence-corrected chi connectivity index (χ2v) is 7.26. The maximum Gasteiger partial charge on any atom is 0.254 e. The molecular formula is C20H23N7O3. The fourth-order valence-corrected chi connectivity index (χ4v) is 3.41. The number of nitrogens with one attached hydrogen (secondary N) is 1. The molecule has 0 unspecified atom stereocenters. The Bertz CT molecular complexity index is 1010. The number of pyridine rings is 1. The van der Waals surface area contributed by atoms with E-state index >= 15 is 0 Å². The molecule has 1 aliphatic heterocycles. The van der Waals surface area contributed by atoms with E-state index in [1.807, 2.05) is 17.0 Å². The molecule has 3 aromatic rings. The molecule has 2 amide bonds. The maximum atomic E-state index is 12.5. The second kappa shape index (κ2) is 8.85. The second-order valence-electron chi connectivity index (χ2n) is 7.26. The molecule has 1 N–H and O–H groups in total. The van der Waals surface area contributed by atoms with Gasteiger partial charge in [-0.2, -0.15) is 10.1 Å². The zero-order chi connectivity index (χ0) is 20.9. The number of nitrogens with zero attached hydrogens (tertiary/aromatic N) is 6. The van der Waals surface area contributed by atoms with Crippen molar-refractivity contribution in [1.29, 1.82) is 0 Å². The van der Waals surface area contributed by atoms with Crippen LogP contribution in [0.25, 0.3) is 11.5 Å². The Morgan fingerprint density at radius 1 is 1.27 bits per heavy atom. The third-order valence-corrected chi connectivity index (χ3v) is 5.06. The molecule has 4 rings (SSSR count). The van der Waals surface area contributed by atoms with Gasteiger partial charge in [0.25, 0.3) is 5.91 Å². The zero-order valence-corrected chi connectivity index (χ0v) is 16.7. The van der Waals surface area contributed by atoms with Gasteiger partial charge in [0.15, 0.2) is 0 Å². The minimum Gasteiger partial charge on any atom is -0.349 e. The van der Waals surface area contributed by atoms with Gasteiger partial charge in [-0.1, -0.05) is 11.2 Å². The fourth-order valence-electron chi connectivity index (χ4n) is 3.41. The van der Waals surface area contributed by atoms with E-state index in [4.69, 9.17) is 4.52 Å². The van der Waals surface area contributed by atoms with Crippen LogP contribution in [0.3, 0.4) is 0 Å². The van der Waals surface area contributed by atoms with Crippen molar-refractivity contribution in [3.05, 3.63) is 48.2 Å². The number of aryl methyl sites for hydroxylation is 2. The van der Waals surface area contributed by atoms with Crippen molar-refractivity contribution >= 4 is 11.8 Å². The van der Waals surface area contributed by atoms with Crippen LogP contribution in [0.2, 0.25) is 0 Å². The smallest absolute Gasteiger partial charge is 0.254 e. The lowest BCUT2D eigenvalue weighted by molar-refractivity contribution is -0.132. The molecule has 30 heavy (non-hydrogen) atoms. The van der Waals surface area contributed by atoms with E-state index in [0.29, 0.717) is 48.9 Å². The predicted octanol–water partition coefficient (Wildman–Crippen LogP) is 1.22. The van der Waals surface area contributed by atoms with Crippen LogP contribution in [0, 0.1) is 0 Å². The topological polar surface area (TPSA) is 119 Å². The van der Waals surface area contributed by atoms with Crippen molar-refractivity contribution in [1.82, 2.24) is 35.1 Å². The molecule has 0 bridgehead atoms. The number of piperidine rings is 1. The lowest BCUT2D eigenvalue weighted by atomic mass is 10.0. The number of likely N-dealkylation sites (tertiary alicyclic amines) is 1. The van der Waals surface area contributed by atoms with Gasteiger partial charge >= 0.3 is 0 Å². The van der Waals surface area contributed by atoms with Crippen molar-refractivity contribution in [2.24, 2.45) is 7.05 Å². The monoisotopic (exact) mass is 409 g/mol. The molecular weight excluding hydrogens is 386 g/mol. The Morgan fingerprint density at radius 2 is 2.10 bits per heavy atom. The highest BCUT2D eigenvalue weighted by molar-refractivity contribution is 5.93. The first-order valence-electron chi connectivity index (χ1n) is 9.90. The summed E-state index contributed by atoms with van der Waals surface area (Å²) in [4.78, 5) is 35.1. The molecule has 1 fully saturated rings. The van der Waals surface area contributed by atoms with E-state index < -0.39 is 0 Å². The predicted molar refractivity (Wildman–Crippen MR) is 106 cm³/mol. The molecule has 0 radical (unpaired) electrons. The highest BCUT2D eigenvalue weighted by atomic mass is 16.5.